The van der Waals surface area contributed by atoms with E-state index in [1.54, 1.807) is 18.9 Å². The Kier molecular flexibility index (Phi) is 6.40. The van der Waals surface area contributed by atoms with E-state index in [0.29, 0.717) is 12.3 Å². The van der Waals surface area contributed by atoms with Crippen LogP contribution in [0.3, 0.4) is 0 Å². The Morgan fingerprint density at radius 2 is 1.77 bits per heavy atom. The summed E-state index contributed by atoms with van der Waals surface area (Å²) in [5.41, 5.74) is 1.93. The van der Waals surface area contributed by atoms with Gasteiger partial charge in [0.2, 0.25) is 5.95 Å². The van der Waals surface area contributed by atoms with Crippen molar-refractivity contribution in [1.82, 2.24) is 14.1 Å². The highest BCUT2D eigenvalue weighted by molar-refractivity contribution is 5.58. The molecular weight excluding hydrogens is 380 g/mol. The minimum atomic E-state index is -0.556. The van der Waals surface area contributed by atoms with Crippen LogP contribution in [0.2, 0.25) is 0 Å². The summed E-state index contributed by atoms with van der Waals surface area (Å²) >= 11 is 0. The summed E-state index contributed by atoms with van der Waals surface area (Å²) in [5.74, 6) is 1.00. The van der Waals surface area contributed by atoms with Gasteiger partial charge in [0, 0.05) is 25.3 Å². The van der Waals surface area contributed by atoms with E-state index in [-0.39, 0.29) is 24.3 Å². The van der Waals surface area contributed by atoms with Gasteiger partial charge in [-0.15, -0.1) is 0 Å². The van der Waals surface area contributed by atoms with Crippen LogP contribution in [0.5, 0.6) is 5.75 Å². The molecule has 158 valence electrons. The van der Waals surface area contributed by atoms with Gasteiger partial charge in [-0.05, 0) is 45.4 Å². The summed E-state index contributed by atoms with van der Waals surface area (Å²) < 4.78 is 8.46. The number of hydrogen-bond acceptors (Lipinski definition) is 5. The number of rotatable bonds is 7. The topological polar surface area (TPSA) is 69.4 Å². The van der Waals surface area contributed by atoms with E-state index >= 15 is 0 Å². The lowest BCUT2D eigenvalue weighted by atomic mass is 10.1. The van der Waals surface area contributed by atoms with Crippen molar-refractivity contribution in [3.8, 4) is 5.75 Å². The van der Waals surface area contributed by atoms with Gasteiger partial charge in [-0.1, -0.05) is 35.9 Å². The van der Waals surface area contributed by atoms with Gasteiger partial charge < -0.3 is 9.64 Å². The van der Waals surface area contributed by atoms with Crippen LogP contribution < -0.4 is 21.0 Å². The molecule has 3 aromatic rings. The maximum atomic E-state index is 13.1. The van der Waals surface area contributed by atoms with Crippen LogP contribution in [0.25, 0.3) is 0 Å². The van der Waals surface area contributed by atoms with Crippen molar-refractivity contribution in [3.63, 3.8) is 0 Å². The fraction of sp³-hybridized carbons (Fsp3) is 0.348. The molecule has 3 rings (SSSR count). The maximum Gasteiger partial charge on any atom is 0.354 e. The van der Waals surface area contributed by atoms with Crippen molar-refractivity contribution in [2.75, 3.05) is 11.9 Å². The highest BCUT2D eigenvalue weighted by atomic mass is 16.5. The fourth-order valence-electron chi connectivity index (χ4n) is 3.21. The first kappa shape index (κ1) is 21.4. The molecule has 0 spiro atoms. The second-order valence-electron chi connectivity index (χ2n) is 7.52. The molecule has 0 aliphatic rings. The Balaban J connectivity index is 2.10. The van der Waals surface area contributed by atoms with Crippen LogP contribution >= 0.6 is 0 Å². The SMILES string of the molecule is CCn1c(=O)nc(N(C)c2cccc(OC(C)C)c2)n(Cc2ccc(C)cc2)c1=O. The zero-order valence-electron chi connectivity index (χ0n) is 18.1. The largest absolute Gasteiger partial charge is 0.491 e. The van der Waals surface area contributed by atoms with Crippen molar-refractivity contribution in [2.45, 2.75) is 46.9 Å². The van der Waals surface area contributed by atoms with Crippen molar-refractivity contribution in [3.05, 3.63) is 80.6 Å². The van der Waals surface area contributed by atoms with Gasteiger partial charge in [0.15, 0.2) is 0 Å². The molecule has 0 radical (unpaired) electrons. The second-order valence-corrected chi connectivity index (χ2v) is 7.52. The van der Waals surface area contributed by atoms with E-state index in [4.69, 9.17) is 4.74 Å². The number of aromatic nitrogens is 3. The molecule has 0 unspecified atom stereocenters. The predicted molar refractivity (Wildman–Crippen MR) is 119 cm³/mol. The van der Waals surface area contributed by atoms with E-state index in [0.717, 1.165) is 21.4 Å². The van der Waals surface area contributed by atoms with E-state index in [9.17, 15) is 9.59 Å². The maximum absolute atomic E-state index is 13.1. The monoisotopic (exact) mass is 408 g/mol. The number of aryl methyl sites for hydroxylation is 1. The molecule has 2 aromatic carbocycles. The smallest absolute Gasteiger partial charge is 0.354 e. The van der Waals surface area contributed by atoms with Gasteiger partial charge in [0.05, 0.1) is 12.6 Å². The molecule has 7 nitrogen and oxygen atoms in total. The van der Waals surface area contributed by atoms with Crippen molar-refractivity contribution in [2.24, 2.45) is 0 Å². The molecule has 0 saturated heterocycles. The predicted octanol–water partition coefficient (Wildman–Crippen LogP) is 3.34. The van der Waals surface area contributed by atoms with E-state index in [1.807, 2.05) is 69.3 Å². The van der Waals surface area contributed by atoms with Gasteiger partial charge in [-0.25, -0.2) is 14.2 Å². The lowest BCUT2D eigenvalue weighted by Gasteiger charge is -2.23. The number of hydrogen-bond donors (Lipinski definition) is 0. The average Bonchev–Trinajstić information content (AvgIpc) is 2.71. The van der Waals surface area contributed by atoms with Gasteiger partial charge in [-0.3, -0.25) is 4.57 Å². The second kappa shape index (κ2) is 8.98. The highest BCUT2D eigenvalue weighted by Crippen LogP contribution is 2.25. The standard InChI is InChI=1S/C23H28N4O3/c1-6-26-22(28)24-21(25(5)19-8-7-9-20(14-19)30-16(2)3)27(23(26)29)15-18-12-10-17(4)11-13-18/h7-14,16H,6,15H2,1-5H3. The van der Waals surface area contributed by atoms with Crippen LogP contribution in [-0.2, 0) is 13.1 Å². The summed E-state index contributed by atoms with van der Waals surface area (Å²) in [5, 5.41) is 0. The van der Waals surface area contributed by atoms with Crippen LogP contribution in [0.1, 0.15) is 31.9 Å². The Morgan fingerprint density at radius 3 is 2.40 bits per heavy atom. The third kappa shape index (κ3) is 4.62. The van der Waals surface area contributed by atoms with E-state index in [1.165, 1.54) is 4.57 Å². The van der Waals surface area contributed by atoms with E-state index < -0.39 is 5.69 Å². The van der Waals surface area contributed by atoms with E-state index in [2.05, 4.69) is 4.98 Å². The molecular formula is C23H28N4O3. The molecule has 1 aromatic heterocycles. The minimum absolute atomic E-state index is 0.0388. The highest BCUT2D eigenvalue weighted by Gasteiger charge is 2.18. The minimum Gasteiger partial charge on any atom is -0.491 e. The lowest BCUT2D eigenvalue weighted by molar-refractivity contribution is 0.242. The molecule has 0 fully saturated rings. The summed E-state index contributed by atoms with van der Waals surface area (Å²) in [4.78, 5) is 31.6. The Hall–Kier alpha value is -3.35. The normalized spacial score (nSPS) is 11.0. The summed E-state index contributed by atoms with van der Waals surface area (Å²) in [6, 6.07) is 15.5. The van der Waals surface area contributed by atoms with Crippen LogP contribution in [0.4, 0.5) is 11.6 Å². The molecule has 0 saturated carbocycles. The molecule has 0 N–H and O–H groups in total. The molecule has 7 heteroatoms. The molecule has 0 atom stereocenters. The Morgan fingerprint density at radius 1 is 1.07 bits per heavy atom. The average molecular weight is 409 g/mol. The number of nitrogens with zero attached hydrogens (tertiary/aromatic N) is 4. The van der Waals surface area contributed by atoms with Crippen LogP contribution in [0.15, 0.2) is 58.1 Å². The number of benzene rings is 2. The first-order valence-corrected chi connectivity index (χ1v) is 10.1. The zero-order chi connectivity index (χ0) is 21.8. The first-order valence-electron chi connectivity index (χ1n) is 10.1. The Bertz CT molecular complexity index is 1130. The fourth-order valence-corrected chi connectivity index (χ4v) is 3.21. The zero-order valence-corrected chi connectivity index (χ0v) is 18.1. The van der Waals surface area contributed by atoms with Crippen molar-refractivity contribution < 1.29 is 4.74 Å². The number of anilines is 2. The summed E-state index contributed by atoms with van der Waals surface area (Å²) in [6.07, 6.45) is 0.0388. The molecule has 1 heterocycles. The van der Waals surface area contributed by atoms with Gasteiger partial charge in [0.25, 0.3) is 0 Å². The van der Waals surface area contributed by atoms with Gasteiger partial charge in [0.1, 0.15) is 5.75 Å². The number of ether oxygens (including phenoxy) is 1. The van der Waals surface area contributed by atoms with Crippen molar-refractivity contribution >= 4 is 11.6 Å². The molecule has 0 bridgehead atoms. The molecule has 0 amide bonds. The van der Waals surface area contributed by atoms with Gasteiger partial charge >= 0.3 is 11.4 Å². The lowest BCUT2D eigenvalue weighted by Crippen LogP contribution is -2.43. The third-order valence-corrected chi connectivity index (χ3v) is 4.78. The van der Waals surface area contributed by atoms with Crippen LogP contribution in [0, 0.1) is 6.92 Å². The van der Waals surface area contributed by atoms with Gasteiger partial charge in [-0.2, -0.15) is 4.98 Å². The third-order valence-electron chi connectivity index (χ3n) is 4.78. The molecule has 30 heavy (non-hydrogen) atoms. The molecule has 0 aliphatic carbocycles. The summed E-state index contributed by atoms with van der Waals surface area (Å²) in [7, 11) is 1.79. The van der Waals surface area contributed by atoms with Crippen molar-refractivity contribution in [1.29, 1.82) is 0 Å². The molecule has 0 aliphatic heterocycles. The first-order chi connectivity index (χ1) is 14.3. The summed E-state index contributed by atoms with van der Waals surface area (Å²) in [6.45, 7) is 8.27. The quantitative estimate of drug-likeness (QED) is 0.600. The van der Waals surface area contributed by atoms with Crippen LogP contribution in [-0.4, -0.2) is 27.3 Å². The Labute approximate surface area is 176 Å².